The van der Waals surface area contributed by atoms with Gasteiger partial charge in [-0.25, -0.2) is 4.79 Å². The van der Waals surface area contributed by atoms with E-state index in [1.807, 2.05) is 0 Å². The van der Waals surface area contributed by atoms with Gasteiger partial charge in [0.2, 0.25) is 5.91 Å². The number of hydrogen-bond donors (Lipinski definition) is 2. The molecule has 0 fully saturated rings. The molecule has 2 N–H and O–H groups in total. The highest BCUT2D eigenvalue weighted by molar-refractivity contribution is 6.01. The maximum Gasteiger partial charge on any atom is 0.357 e. The molecule has 0 unspecified atom stereocenters. The second-order valence-corrected chi connectivity index (χ2v) is 3.50. The zero-order valence-electron chi connectivity index (χ0n) is 9.17. The number of aromatic carboxylic acids is 1. The Morgan fingerprint density at radius 1 is 1.41 bits per heavy atom. The van der Waals surface area contributed by atoms with Crippen LogP contribution in [0.2, 0.25) is 0 Å². The van der Waals surface area contributed by atoms with Gasteiger partial charge in [0.1, 0.15) is 6.54 Å². The molecule has 6 nitrogen and oxygen atoms in total. The molecule has 2 rings (SSSR count). The van der Waals surface area contributed by atoms with Crippen molar-refractivity contribution in [2.75, 3.05) is 7.05 Å². The number of nitrogens with one attached hydrogen (secondary N) is 1. The highest BCUT2D eigenvalue weighted by Gasteiger charge is 2.16. The van der Waals surface area contributed by atoms with Gasteiger partial charge in [0, 0.05) is 12.4 Å². The summed E-state index contributed by atoms with van der Waals surface area (Å²) in [6.45, 7) is 0.00426. The molecule has 0 radical (unpaired) electrons. The van der Waals surface area contributed by atoms with Crippen LogP contribution >= 0.6 is 0 Å². The van der Waals surface area contributed by atoms with Crippen molar-refractivity contribution in [3.05, 3.63) is 30.0 Å². The van der Waals surface area contributed by atoms with Gasteiger partial charge in [-0.15, -0.1) is 0 Å². The molecule has 17 heavy (non-hydrogen) atoms. The first-order chi connectivity index (χ1) is 8.13. The van der Waals surface area contributed by atoms with E-state index in [1.54, 1.807) is 24.3 Å². The number of likely N-dealkylation sites (N-methyl/N-ethyl adjacent to an activating group) is 1. The number of para-hydroxylation sites is 1. The third kappa shape index (κ3) is 1.96. The Hall–Kier alpha value is -2.37. The number of carbonyl (C=O) groups excluding carboxylic acids is 1. The third-order valence-electron chi connectivity index (χ3n) is 2.43. The van der Waals surface area contributed by atoms with Gasteiger partial charge >= 0.3 is 5.97 Å². The predicted molar refractivity (Wildman–Crippen MR) is 60.8 cm³/mol. The number of carbonyl (C=O) groups is 2. The number of benzene rings is 1. The Kier molecular flexibility index (Phi) is 2.78. The minimum absolute atomic E-state index is 0.00426. The normalized spacial score (nSPS) is 10.4. The maximum absolute atomic E-state index is 11.3. The number of fused-ring (bicyclic) bond motifs is 1. The third-order valence-corrected chi connectivity index (χ3v) is 2.43. The Morgan fingerprint density at radius 3 is 2.76 bits per heavy atom. The van der Waals surface area contributed by atoms with Crippen LogP contribution in [0.4, 0.5) is 0 Å². The van der Waals surface area contributed by atoms with E-state index >= 15 is 0 Å². The predicted octanol–water partition coefficient (Wildman–Crippen LogP) is 0.480. The topological polar surface area (TPSA) is 84.2 Å². The van der Waals surface area contributed by atoms with Crippen molar-refractivity contribution >= 4 is 22.8 Å². The molecule has 0 saturated carbocycles. The number of aromatic nitrogens is 2. The van der Waals surface area contributed by atoms with Crippen molar-refractivity contribution in [1.82, 2.24) is 15.1 Å². The molecule has 0 aliphatic carbocycles. The minimum atomic E-state index is -1.10. The largest absolute Gasteiger partial charge is 0.476 e. The van der Waals surface area contributed by atoms with Crippen molar-refractivity contribution < 1.29 is 14.7 Å². The summed E-state index contributed by atoms with van der Waals surface area (Å²) in [5.41, 5.74) is 0.595. The number of carboxylic acids is 1. The van der Waals surface area contributed by atoms with Crippen LogP contribution < -0.4 is 5.32 Å². The molecule has 88 valence electrons. The minimum Gasteiger partial charge on any atom is -0.476 e. The number of hydrogen-bond acceptors (Lipinski definition) is 3. The van der Waals surface area contributed by atoms with E-state index in [2.05, 4.69) is 10.4 Å². The lowest BCUT2D eigenvalue weighted by molar-refractivity contribution is -0.121. The SMILES string of the molecule is CNC(=O)Cn1nc(C(=O)O)c2ccccc21. The maximum atomic E-state index is 11.3. The second kappa shape index (κ2) is 4.25. The summed E-state index contributed by atoms with van der Waals surface area (Å²) in [5.74, 6) is -1.33. The fourth-order valence-electron chi connectivity index (χ4n) is 1.62. The summed E-state index contributed by atoms with van der Waals surface area (Å²) in [6, 6.07) is 6.92. The molecule has 0 atom stereocenters. The Labute approximate surface area is 96.8 Å². The molecule has 0 saturated heterocycles. The fraction of sp³-hybridized carbons (Fsp3) is 0.182. The van der Waals surface area contributed by atoms with Crippen molar-refractivity contribution in [2.45, 2.75) is 6.54 Å². The van der Waals surface area contributed by atoms with E-state index in [9.17, 15) is 9.59 Å². The van der Waals surface area contributed by atoms with Crippen molar-refractivity contribution in [3.63, 3.8) is 0 Å². The van der Waals surface area contributed by atoms with Gasteiger partial charge < -0.3 is 10.4 Å². The molecule has 0 aliphatic rings. The molecule has 1 amide bonds. The fourth-order valence-corrected chi connectivity index (χ4v) is 1.62. The summed E-state index contributed by atoms with van der Waals surface area (Å²) in [4.78, 5) is 22.3. The molecular weight excluding hydrogens is 222 g/mol. The summed E-state index contributed by atoms with van der Waals surface area (Å²) < 4.78 is 1.39. The second-order valence-electron chi connectivity index (χ2n) is 3.50. The number of amides is 1. The lowest BCUT2D eigenvalue weighted by Gasteiger charge is -2.01. The lowest BCUT2D eigenvalue weighted by Crippen LogP contribution is -2.24. The standard InChI is InChI=1S/C11H11N3O3/c1-12-9(15)6-14-8-5-3-2-4-7(8)10(13-14)11(16)17/h2-5H,6H2,1H3,(H,12,15)(H,16,17). The molecule has 0 spiro atoms. The van der Waals surface area contributed by atoms with E-state index in [-0.39, 0.29) is 18.1 Å². The van der Waals surface area contributed by atoms with Crippen molar-refractivity contribution in [3.8, 4) is 0 Å². The molecular formula is C11H11N3O3. The van der Waals surface area contributed by atoms with E-state index < -0.39 is 5.97 Å². The highest BCUT2D eigenvalue weighted by Crippen LogP contribution is 2.18. The van der Waals surface area contributed by atoms with Crippen LogP contribution in [0.15, 0.2) is 24.3 Å². The lowest BCUT2D eigenvalue weighted by atomic mass is 10.2. The number of carboxylic acid groups (broad SMARTS) is 1. The number of rotatable bonds is 3. The van der Waals surface area contributed by atoms with Crippen LogP contribution in [-0.2, 0) is 11.3 Å². The monoisotopic (exact) mass is 233 g/mol. The van der Waals surface area contributed by atoms with E-state index in [1.165, 1.54) is 11.7 Å². The molecule has 1 aromatic heterocycles. The van der Waals surface area contributed by atoms with Crippen LogP contribution in [0.3, 0.4) is 0 Å². The van der Waals surface area contributed by atoms with E-state index in [0.717, 1.165) is 0 Å². The summed E-state index contributed by atoms with van der Waals surface area (Å²) in [7, 11) is 1.52. The van der Waals surface area contributed by atoms with Gasteiger partial charge in [0.15, 0.2) is 5.69 Å². The molecule has 2 aromatic rings. The smallest absolute Gasteiger partial charge is 0.357 e. The molecule has 1 aromatic carbocycles. The van der Waals surface area contributed by atoms with Gasteiger partial charge in [-0.2, -0.15) is 5.10 Å². The van der Waals surface area contributed by atoms with Crippen molar-refractivity contribution in [1.29, 1.82) is 0 Å². The van der Waals surface area contributed by atoms with Crippen LogP contribution in [0.1, 0.15) is 10.5 Å². The average Bonchev–Trinajstić information content (AvgIpc) is 2.68. The molecule has 0 bridgehead atoms. The van der Waals surface area contributed by atoms with Crippen molar-refractivity contribution in [2.24, 2.45) is 0 Å². The molecule has 6 heteroatoms. The first-order valence-electron chi connectivity index (χ1n) is 5.03. The van der Waals surface area contributed by atoms with E-state index in [0.29, 0.717) is 10.9 Å². The first-order valence-corrected chi connectivity index (χ1v) is 5.03. The summed E-state index contributed by atoms with van der Waals surface area (Å²) >= 11 is 0. The van der Waals surface area contributed by atoms with Gasteiger partial charge in [-0.05, 0) is 6.07 Å². The number of nitrogens with zero attached hydrogens (tertiary/aromatic N) is 2. The quantitative estimate of drug-likeness (QED) is 0.807. The first kappa shape index (κ1) is 11.1. The average molecular weight is 233 g/mol. The van der Waals surface area contributed by atoms with Gasteiger partial charge in [0.05, 0.1) is 5.52 Å². The zero-order valence-corrected chi connectivity index (χ0v) is 9.17. The van der Waals surface area contributed by atoms with Gasteiger partial charge in [-0.1, -0.05) is 18.2 Å². The van der Waals surface area contributed by atoms with Crippen LogP contribution in [0.25, 0.3) is 10.9 Å². The van der Waals surface area contributed by atoms with Crippen LogP contribution in [0.5, 0.6) is 0 Å². The molecule has 1 heterocycles. The van der Waals surface area contributed by atoms with Crippen LogP contribution in [0, 0.1) is 0 Å². The van der Waals surface area contributed by atoms with Crippen LogP contribution in [-0.4, -0.2) is 33.8 Å². The van der Waals surface area contributed by atoms with E-state index in [4.69, 9.17) is 5.11 Å². The Balaban J connectivity index is 2.56. The molecule has 0 aliphatic heterocycles. The summed E-state index contributed by atoms with van der Waals surface area (Å²) in [6.07, 6.45) is 0. The zero-order chi connectivity index (χ0) is 12.4. The Bertz CT molecular complexity index is 589. The highest BCUT2D eigenvalue weighted by atomic mass is 16.4. The Morgan fingerprint density at radius 2 is 2.12 bits per heavy atom. The van der Waals surface area contributed by atoms with Gasteiger partial charge in [0.25, 0.3) is 0 Å². The summed E-state index contributed by atoms with van der Waals surface area (Å²) in [5, 5.41) is 15.9. The van der Waals surface area contributed by atoms with Gasteiger partial charge in [-0.3, -0.25) is 9.48 Å².